The molecule has 2 saturated heterocycles. The van der Waals surface area contributed by atoms with Crippen LogP contribution in [0.3, 0.4) is 0 Å². The summed E-state index contributed by atoms with van der Waals surface area (Å²) in [6.45, 7) is 0. The lowest BCUT2D eigenvalue weighted by atomic mass is 9.95. The highest BCUT2D eigenvalue weighted by molar-refractivity contribution is 6.06. The molecular weight excluding hydrogens is 288 g/mol. The molecule has 118 valence electrons. The molecule has 23 heavy (non-hydrogen) atoms. The van der Waals surface area contributed by atoms with Gasteiger partial charge in [-0.05, 0) is 44.2 Å². The second-order valence-electron chi connectivity index (χ2n) is 7.08. The van der Waals surface area contributed by atoms with Gasteiger partial charge in [0.15, 0.2) is 0 Å². The predicted molar refractivity (Wildman–Crippen MR) is 87.5 cm³/mol. The van der Waals surface area contributed by atoms with Crippen LogP contribution in [0.25, 0.3) is 10.9 Å². The molecule has 2 aliphatic heterocycles. The summed E-state index contributed by atoms with van der Waals surface area (Å²) >= 11 is 0. The average molecular weight is 308 g/mol. The minimum absolute atomic E-state index is 0.0200. The summed E-state index contributed by atoms with van der Waals surface area (Å²) in [5, 5.41) is 4.16. The molecule has 3 fully saturated rings. The van der Waals surface area contributed by atoms with Gasteiger partial charge in [-0.3, -0.25) is 9.78 Å². The van der Waals surface area contributed by atoms with Gasteiger partial charge in [0, 0.05) is 17.0 Å². The molecule has 1 aromatic heterocycles. The maximum absolute atomic E-state index is 12.9. The fourth-order valence-corrected chi connectivity index (χ4v) is 4.01. The zero-order valence-electron chi connectivity index (χ0n) is 13.0. The van der Waals surface area contributed by atoms with E-state index in [0.29, 0.717) is 12.0 Å². The second-order valence-corrected chi connectivity index (χ2v) is 7.08. The standard InChI is InChI=1S/C19H20N2O2/c22-19(21-17-9-12-7-8-18(17)23-12)14-10-16(11-5-6-11)20-15-4-2-1-3-13(14)15/h1-4,10-12,17-18H,5-9H2,(H,21,22)/t12-,17-,18-/m1/s1. The molecule has 3 aliphatic rings. The largest absolute Gasteiger partial charge is 0.373 e. The van der Waals surface area contributed by atoms with Gasteiger partial charge < -0.3 is 10.1 Å². The lowest BCUT2D eigenvalue weighted by Crippen LogP contribution is -2.41. The Morgan fingerprint density at radius 3 is 2.78 bits per heavy atom. The smallest absolute Gasteiger partial charge is 0.252 e. The number of carbonyl (C=O) groups excluding carboxylic acids is 1. The number of fused-ring (bicyclic) bond motifs is 3. The van der Waals surface area contributed by atoms with Gasteiger partial charge in [-0.25, -0.2) is 0 Å². The zero-order valence-corrected chi connectivity index (χ0v) is 13.0. The van der Waals surface area contributed by atoms with Crippen molar-refractivity contribution in [1.29, 1.82) is 0 Å². The Hall–Kier alpha value is -1.94. The molecule has 2 bridgehead atoms. The van der Waals surface area contributed by atoms with Gasteiger partial charge in [-0.2, -0.15) is 0 Å². The van der Waals surface area contributed by atoms with E-state index >= 15 is 0 Å². The van der Waals surface area contributed by atoms with Crippen molar-refractivity contribution in [3.63, 3.8) is 0 Å². The Kier molecular flexibility index (Phi) is 2.95. The van der Waals surface area contributed by atoms with E-state index in [1.54, 1.807) is 0 Å². The number of nitrogens with one attached hydrogen (secondary N) is 1. The number of hydrogen-bond acceptors (Lipinski definition) is 3. The number of para-hydroxylation sites is 1. The van der Waals surface area contributed by atoms with Crippen molar-refractivity contribution in [3.8, 4) is 0 Å². The fourth-order valence-electron chi connectivity index (χ4n) is 4.01. The fraction of sp³-hybridized carbons (Fsp3) is 0.474. The van der Waals surface area contributed by atoms with Crippen LogP contribution in [0.2, 0.25) is 0 Å². The second kappa shape index (κ2) is 5.03. The summed E-state index contributed by atoms with van der Waals surface area (Å²) in [6.07, 6.45) is 6.09. The molecule has 5 rings (SSSR count). The Labute approximate surface area is 135 Å². The molecule has 1 N–H and O–H groups in total. The van der Waals surface area contributed by atoms with Gasteiger partial charge >= 0.3 is 0 Å². The third-order valence-corrected chi connectivity index (χ3v) is 5.40. The highest BCUT2D eigenvalue weighted by atomic mass is 16.5. The van der Waals surface area contributed by atoms with Crippen molar-refractivity contribution in [2.24, 2.45) is 0 Å². The summed E-state index contributed by atoms with van der Waals surface area (Å²) < 4.78 is 5.85. The van der Waals surface area contributed by atoms with E-state index in [2.05, 4.69) is 5.32 Å². The van der Waals surface area contributed by atoms with E-state index in [9.17, 15) is 4.79 Å². The highest BCUT2D eigenvalue weighted by Gasteiger charge is 2.41. The highest BCUT2D eigenvalue weighted by Crippen LogP contribution is 2.40. The average Bonchev–Trinajstić information content (AvgIpc) is 3.23. The van der Waals surface area contributed by atoms with Crippen LogP contribution in [0.5, 0.6) is 0 Å². The summed E-state index contributed by atoms with van der Waals surface area (Å²) in [5.74, 6) is 0.559. The van der Waals surface area contributed by atoms with Crippen molar-refractivity contribution in [2.75, 3.05) is 0 Å². The first-order valence-electron chi connectivity index (χ1n) is 8.64. The molecular formula is C19H20N2O2. The number of hydrogen-bond donors (Lipinski definition) is 1. The quantitative estimate of drug-likeness (QED) is 0.947. The lowest BCUT2D eigenvalue weighted by molar-refractivity contribution is 0.0842. The van der Waals surface area contributed by atoms with Gasteiger partial charge in [0.25, 0.3) is 5.91 Å². The minimum atomic E-state index is 0.0200. The van der Waals surface area contributed by atoms with E-state index in [4.69, 9.17) is 9.72 Å². The molecule has 4 heteroatoms. The first kappa shape index (κ1) is 13.5. The van der Waals surface area contributed by atoms with Gasteiger partial charge in [0.1, 0.15) is 0 Å². The number of nitrogens with zero attached hydrogens (tertiary/aromatic N) is 1. The van der Waals surface area contributed by atoms with Gasteiger partial charge in [0.2, 0.25) is 0 Å². The van der Waals surface area contributed by atoms with Crippen LogP contribution in [-0.2, 0) is 4.74 Å². The molecule has 1 aromatic carbocycles. The number of rotatable bonds is 3. The normalized spacial score (nSPS) is 29.1. The van der Waals surface area contributed by atoms with Crippen molar-refractivity contribution >= 4 is 16.8 Å². The van der Waals surface area contributed by atoms with E-state index in [1.165, 1.54) is 12.8 Å². The first-order chi connectivity index (χ1) is 11.3. The van der Waals surface area contributed by atoms with Crippen LogP contribution >= 0.6 is 0 Å². The van der Waals surface area contributed by atoms with Gasteiger partial charge in [-0.1, -0.05) is 18.2 Å². The number of ether oxygens (including phenoxy) is 1. The number of amides is 1. The summed E-state index contributed by atoms with van der Waals surface area (Å²) in [5.41, 5.74) is 2.75. The van der Waals surface area contributed by atoms with Crippen molar-refractivity contribution in [2.45, 2.75) is 56.3 Å². The first-order valence-corrected chi connectivity index (χ1v) is 8.64. The third kappa shape index (κ3) is 2.32. The van der Waals surface area contributed by atoms with Gasteiger partial charge in [-0.15, -0.1) is 0 Å². The Balaban J connectivity index is 1.49. The summed E-state index contributed by atoms with van der Waals surface area (Å²) in [6, 6.07) is 10.1. The third-order valence-electron chi connectivity index (χ3n) is 5.40. The number of aromatic nitrogens is 1. The van der Waals surface area contributed by atoms with Crippen molar-refractivity contribution in [1.82, 2.24) is 10.3 Å². The van der Waals surface area contributed by atoms with Crippen LogP contribution in [0.4, 0.5) is 0 Å². The number of benzene rings is 1. The van der Waals surface area contributed by atoms with Crippen LogP contribution in [0, 0.1) is 0 Å². The molecule has 1 amide bonds. The topological polar surface area (TPSA) is 51.2 Å². The molecule has 3 atom stereocenters. The van der Waals surface area contributed by atoms with E-state index in [0.717, 1.165) is 41.4 Å². The molecule has 1 saturated carbocycles. The maximum atomic E-state index is 12.9. The predicted octanol–water partition coefficient (Wildman–Crippen LogP) is 3.16. The molecule has 1 aliphatic carbocycles. The van der Waals surface area contributed by atoms with Crippen LogP contribution in [-0.4, -0.2) is 29.1 Å². The maximum Gasteiger partial charge on any atom is 0.252 e. The molecule has 0 radical (unpaired) electrons. The molecule has 3 heterocycles. The van der Waals surface area contributed by atoms with Crippen LogP contribution in [0.15, 0.2) is 30.3 Å². The van der Waals surface area contributed by atoms with Crippen molar-refractivity contribution in [3.05, 3.63) is 41.6 Å². The Morgan fingerprint density at radius 1 is 1.17 bits per heavy atom. The molecule has 4 nitrogen and oxygen atoms in total. The Morgan fingerprint density at radius 2 is 2.04 bits per heavy atom. The summed E-state index contributed by atoms with van der Waals surface area (Å²) in [4.78, 5) is 17.6. The molecule has 2 aromatic rings. The van der Waals surface area contributed by atoms with Crippen LogP contribution < -0.4 is 5.32 Å². The summed E-state index contributed by atoms with van der Waals surface area (Å²) in [7, 11) is 0. The van der Waals surface area contributed by atoms with E-state index in [1.807, 2.05) is 30.3 Å². The van der Waals surface area contributed by atoms with Gasteiger partial charge in [0.05, 0.1) is 29.3 Å². The monoisotopic (exact) mass is 308 g/mol. The lowest BCUT2D eigenvalue weighted by Gasteiger charge is -2.20. The molecule has 0 unspecified atom stereocenters. The van der Waals surface area contributed by atoms with E-state index in [-0.39, 0.29) is 18.1 Å². The SMILES string of the molecule is O=C(N[C@@H]1C[C@H]2CC[C@H]1O2)c1cc(C2CC2)nc2ccccc12. The number of carbonyl (C=O) groups is 1. The molecule has 0 spiro atoms. The van der Waals surface area contributed by atoms with Crippen molar-refractivity contribution < 1.29 is 9.53 Å². The number of pyridine rings is 1. The minimum Gasteiger partial charge on any atom is -0.373 e. The Bertz CT molecular complexity index is 784. The van der Waals surface area contributed by atoms with Crippen LogP contribution in [0.1, 0.15) is 54.1 Å². The zero-order chi connectivity index (χ0) is 15.4. The van der Waals surface area contributed by atoms with E-state index < -0.39 is 0 Å².